The lowest BCUT2D eigenvalue weighted by Crippen LogP contribution is -2.35. The molecule has 2 aromatic rings. The first kappa shape index (κ1) is 19.5. The molecule has 2 aromatic heterocycles. The van der Waals surface area contributed by atoms with E-state index >= 15 is 0 Å². The van der Waals surface area contributed by atoms with Crippen LogP contribution in [0, 0.1) is 0 Å². The molecule has 0 aliphatic heterocycles. The van der Waals surface area contributed by atoms with Crippen molar-refractivity contribution in [2.24, 2.45) is 0 Å². The van der Waals surface area contributed by atoms with Crippen LogP contribution in [-0.2, 0) is 21.5 Å². The van der Waals surface area contributed by atoms with Crippen LogP contribution in [0.25, 0.3) is 10.7 Å². The van der Waals surface area contributed by atoms with Crippen LogP contribution in [0.4, 0.5) is 13.6 Å². The molecular weight excluding hydrogens is 380 g/mol. The Morgan fingerprint density at radius 2 is 2.08 bits per heavy atom. The normalized spacial score (nSPS) is 12.3. The molecule has 0 aromatic carbocycles. The predicted octanol–water partition coefficient (Wildman–Crippen LogP) is 4.38. The molecule has 0 spiro atoms. The fourth-order valence-electron chi connectivity index (χ4n) is 1.68. The molecule has 0 fully saturated rings. The molecule has 0 bridgehead atoms. The summed E-state index contributed by atoms with van der Waals surface area (Å²) < 4.78 is 35.5. The Labute approximate surface area is 151 Å². The molecule has 0 radical (unpaired) electrons. The van der Waals surface area contributed by atoms with Crippen LogP contribution in [0.15, 0.2) is 16.7 Å². The number of hydroxylamine groups is 2. The molecule has 7 nitrogen and oxygen atoms in total. The Kier molecular flexibility index (Phi) is 5.65. The minimum atomic E-state index is -3.73. The number of hydrogen-bond acceptors (Lipinski definition) is 7. The highest BCUT2D eigenvalue weighted by Gasteiger charge is 2.36. The number of rotatable bonds is 5. The number of thiophene rings is 1. The maximum Gasteiger partial charge on any atom is 0.434 e. The standard InChI is InChI=1S/C14H16ClF2N3O4S/c1-13(2,3)23-12(21)20(22-4)7-8-5-6-9(25-8)10-18-11(24-19-10)14(15,16)17/h5-6H,7H2,1-4H3. The fourth-order valence-corrected chi connectivity index (χ4v) is 2.67. The summed E-state index contributed by atoms with van der Waals surface area (Å²) in [5, 5.41) is 0.782. The van der Waals surface area contributed by atoms with Crippen LogP contribution < -0.4 is 0 Å². The van der Waals surface area contributed by atoms with Gasteiger partial charge >= 0.3 is 17.4 Å². The van der Waals surface area contributed by atoms with Gasteiger partial charge in [-0.25, -0.2) is 4.79 Å². The maximum absolute atomic E-state index is 12.9. The van der Waals surface area contributed by atoms with Crippen LogP contribution >= 0.6 is 22.9 Å². The number of carbonyl (C=O) groups is 1. The molecule has 1 amide bonds. The third-order valence-electron chi connectivity index (χ3n) is 2.67. The van der Waals surface area contributed by atoms with Crippen LogP contribution in [0.1, 0.15) is 31.5 Å². The zero-order valence-corrected chi connectivity index (χ0v) is 15.5. The molecule has 0 N–H and O–H groups in total. The van der Waals surface area contributed by atoms with Crippen molar-refractivity contribution in [3.63, 3.8) is 0 Å². The summed E-state index contributed by atoms with van der Waals surface area (Å²) in [6.07, 6.45) is -0.645. The highest BCUT2D eigenvalue weighted by atomic mass is 35.5. The fraction of sp³-hybridized carbons (Fsp3) is 0.500. The van der Waals surface area contributed by atoms with E-state index in [1.165, 1.54) is 18.4 Å². The number of nitrogens with zero attached hydrogens (tertiary/aromatic N) is 3. The van der Waals surface area contributed by atoms with Gasteiger partial charge < -0.3 is 9.26 Å². The van der Waals surface area contributed by atoms with E-state index in [-0.39, 0.29) is 12.4 Å². The summed E-state index contributed by atoms with van der Waals surface area (Å²) in [5.74, 6) is -1.00. The first-order valence-corrected chi connectivity index (χ1v) is 8.23. The second-order valence-electron chi connectivity index (χ2n) is 5.89. The summed E-state index contributed by atoms with van der Waals surface area (Å²) in [6.45, 7) is 5.32. The Hall–Kier alpha value is -1.78. The third kappa shape index (κ3) is 5.35. The first-order chi connectivity index (χ1) is 11.5. The van der Waals surface area contributed by atoms with E-state index in [0.29, 0.717) is 9.75 Å². The van der Waals surface area contributed by atoms with Gasteiger partial charge in [0.25, 0.3) is 0 Å². The molecule has 2 heterocycles. The molecule has 0 unspecified atom stereocenters. The average Bonchev–Trinajstić information content (AvgIpc) is 3.10. The molecule has 0 aliphatic carbocycles. The molecule has 138 valence electrons. The summed E-state index contributed by atoms with van der Waals surface area (Å²) in [5.41, 5.74) is -0.664. The first-order valence-electron chi connectivity index (χ1n) is 7.04. The predicted molar refractivity (Wildman–Crippen MR) is 86.1 cm³/mol. The van der Waals surface area contributed by atoms with Crippen molar-refractivity contribution >= 4 is 29.0 Å². The van der Waals surface area contributed by atoms with E-state index in [0.717, 1.165) is 5.06 Å². The van der Waals surface area contributed by atoms with E-state index in [9.17, 15) is 13.6 Å². The largest absolute Gasteiger partial charge is 0.442 e. The lowest BCUT2D eigenvalue weighted by molar-refractivity contribution is -0.129. The highest BCUT2D eigenvalue weighted by Crippen LogP contribution is 2.33. The number of aromatic nitrogens is 2. The lowest BCUT2D eigenvalue weighted by atomic mass is 10.2. The number of amides is 1. The topological polar surface area (TPSA) is 77.7 Å². The van der Waals surface area contributed by atoms with Crippen LogP contribution in [0.3, 0.4) is 0 Å². The van der Waals surface area contributed by atoms with Gasteiger partial charge in [0, 0.05) is 4.88 Å². The van der Waals surface area contributed by atoms with Crippen molar-refractivity contribution in [2.75, 3.05) is 7.11 Å². The van der Waals surface area contributed by atoms with E-state index < -0.39 is 23.0 Å². The maximum atomic E-state index is 12.9. The Morgan fingerprint density at radius 1 is 1.40 bits per heavy atom. The lowest BCUT2D eigenvalue weighted by Gasteiger charge is -2.25. The number of halogens is 3. The van der Waals surface area contributed by atoms with Gasteiger partial charge in [-0.3, -0.25) is 4.84 Å². The van der Waals surface area contributed by atoms with Crippen LogP contribution in [0.2, 0.25) is 0 Å². The highest BCUT2D eigenvalue weighted by molar-refractivity contribution is 7.15. The van der Waals surface area contributed by atoms with Gasteiger partial charge in [-0.05, 0) is 44.5 Å². The number of alkyl halides is 3. The van der Waals surface area contributed by atoms with E-state index in [1.807, 2.05) is 0 Å². The molecule has 0 saturated carbocycles. The molecule has 0 saturated heterocycles. The summed E-state index contributed by atoms with van der Waals surface area (Å²) in [4.78, 5) is 21.8. The third-order valence-corrected chi connectivity index (χ3v) is 3.90. The Bertz CT molecular complexity index is 739. The van der Waals surface area contributed by atoms with Crippen molar-refractivity contribution in [1.29, 1.82) is 0 Å². The van der Waals surface area contributed by atoms with Gasteiger partial charge in [0.2, 0.25) is 5.82 Å². The van der Waals surface area contributed by atoms with Gasteiger partial charge in [0.1, 0.15) is 5.60 Å². The van der Waals surface area contributed by atoms with Gasteiger partial charge in [-0.2, -0.15) is 18.8 Å². The number of hydrogen-bond donors (Lipinski definition) is 0. The van der Waals surface area contributed by atoms with Gasteiger partial charge in [-0.15, -0.1) is 11.3 Å². The monoisotopic (exact) mass is 395 g/mol. The Balaban J connectivity index is 2.10. The van der Waals surface area contributed by atoms with Crippen molar-refractivity contribution in [3.05, 3.63) is 22.9 Å². The SMILES string of the molecule is CON(Cc1ccc(-c2noc(C(F)(F)Cl)n2)s1)C(=O)OC(C)(C)C. The van der Waals surface area contributed by atoms with E-state index in [4.69, 9.17) is 21.2 Å². The number of carbonyl (C=O) groups excluding carboxylic acids is 1. The minimum Gasteiger partial charge on any atom is -0.442 e. The summed E-state index contributed by atoms with van der Waals surface area (Å²) in [6, 6.07) is 3.30. The molecule has 11 heteroatoms. The quantitative estimate of drug-likeness (QED) is 0.552. The Morgan fingerprint density at radius 3 is 2.60 bits per heavy atom. The zero-order chi connectivity index (χ0) is 18.8. The molecule has 2 rings (SSSR count). The summed E-state index contributed by atoms with van der Waals surface area (Å²) in [7, 11) is 1.34. The van der Waals surface area contributed by atoms with Crippen LogP contribution in [-0.4, -0.2) is 34.0 Å². The van der Waals surface area contributed by atoms with Gasteiger partial charge in [-0.1, -0.05) is 5.16 Å². The minimum absolute atomic E-state index is 0.0205. The van der Waals surface area contributed by atoms with Crippen molar-refractivity contribution in [3.8, 4) is 10.7 Å². The van der Waals surface area contributed by atoms with Crippen LogP contribution in [0.5, 0.6) is 0 Å². The summed E-state index contributed by atoms with van der Waals surface area (Å²) >= 11 is 6.03. The smallest absolute Gasteiger partial charge is 0.434 e. The van der Waals surface area contributed by atoms with Crippen molar-refractivity contribution in [1.82, 2.24) is 15.2 Å². The van der Waals surface area contributed by atoms with Gasteiger partial charge in [0.05, 0.1) is 18.5 Å². The van der Waals surface area contributed by atoms with Crippen molar-refractivity contribution in [2.45, 2.75) is 38.3 Å². The average molecular weight is 396 g/mol. The van der Waals surface area contributed by atoms with Gasteiger partial charge in [0.15, 0.2) is 0 Å². The second-order valence-corrected chi connectivity index (χ2v) is 7.53. The molecular formula is C14H16ClF2N3O4S. The molecule has 0 atom stereocenters. The second kappa shape index (κ2) is 7.22. The zero-order valence-electron chi connectivity index (χ0n) is 13.9. The van der Waals surface area contributed by atoms with E-state index in [1.54, 1.807) is 32.9 Å². The molecule has 25 heavy (non-hydrogen) atoms. The molecule has 0 aliphatic rings. The number of ether oxygens (including phenoxy) is 1. The van der Waals surface area contributed by atoms with Crippen molar-refractivity contribution < 1.29 is 27.7 Å². The van der Waals surface area contributed by atoms with E-state index in [2.05, 4.69) is 14.7 Å².